The molecule has 0 fully saturated rings. The minimum absolute atomic E-state index is 0.0855. The smallest absolute Gasteiger partial charge is 0.349 e. The Morgan fingerprint density at radius 1 is 1.15 bits per heavy atom. The highest BCUT2D eigenvalue weighted by Crippen LogP contribution is 2.39. The standard InChI is InChI=1S/C19H20N2O5/c1-11(22)21(4)12-8-9-14(13(20)10-12)24-15-6-5-7-16-17(15)18(23)26-19(2,3)25-16/h5-10H,20H2,1-4H3/p+1. The summed E-state index contributed by atoms with van der Waals surface area (Å²) in [6.07, 6.45) is 0. The molecule has 7 heteroatoms. The normalized spacial score (nSPS) is 14.7. The Labute approximate surface area is 151 Å². The van der Waals surface area contributed by atoms with Gasteiger partial charge < -0.3 is 24.8 Å². The van der Waals surface area contributed by atoms with Gasteiger partial charge in [0.25, 0.3) is 0 Å². The molecule has 7 nitrogen and oxygen atoms in total. The minimum atomic E-state index is -1.03. The van der Waals surface area contributed by atoms with Crippen LogP contribution in [0.1, 0.15) is 31.1 Å². The molecule has 3 N–H and O–H groups in total. The van der Waals surface area contributed by atoms with Gasteiger partial charge in [0.15, 0.2) is 11.4 Å². The summed E-state index contributed by atoms with van der Waals surface area (Å²) in [7, 11) is 1.68. The molecule has 0 saturated carbocycles. The van der Waals surface area contributed by atoms with Crippen LogP contribution in [0.5, 0.6) is 17.2 Å². The number of benzene rings is 2. The molecule has 1 aliphatic rings. The number of hydrogen-bond donors (Lipinski definition) is 1. The van der Waals surface area contributed by atoms with Gasteiger partial charge in [0.2, 0.25) is 11.7 Å². The Morgan fingerprint density at radius 2 is 1.88 bits per heavy atom. The average molecular weight is 357 g/mol. The van der Waals surface area contributed by atoms with Crippen LogP contribution in [0, 0.1) is 0 Å². The summed E-state index contributed by atoms with van der Waals surface area (Å²) in [6.45, 7) is 4.82. The molecule has 0 radical (unpaired) electrons. The molecule has 0 aromatic heterocycles. The monoisotopic (exact) mass is 357 g/mol. The van der Waals surface area contributed by atoms with Crippen LogP contribution in [0.15, 0.2) is 36.4 Å². The molecule has 3 rings (SSSR count). The zero-order chi connectivity index (χ0) is 19.1. The Bertz CT molecular complexity index is 891. The lowest BCUT2D eigenvalue weighted by Gasteiger charge is -2.32. The van der Waals surface area contributed by atoms with Crippen molar-refractivity contribution in [3.8, 4) is 17.2 Å². The summed E-state index contributed by atoms with van der Waals surface area (Å²) in [5.41, 5.74) is 5.48. The van der Waals surface area contributed by atoms with Crippen LogP contribution in [0.4, 0.5) is 11.4 Å². The van der Waals surface area contributed by atoms with Gasteiger partial charge in [-0.3, -0.25) is 4.79 Å². The number of nitrogens with zero attached hydrogens (tertiary/aromatic N) is 1. The van der Waals surface area contributed by atoms with Crippen LogP contribution in [0.3, 0.4) is 0 Å². The molecule has 1 heterocycles. The largest absolute Gasteiger partial charge is 0.452 e. The van der Waals surface area contributed by atoms with Crippen molar-refractivity contribution in [1.82, 2.24) is 0 Å². The lowest BCUT2D eigenvalue weighted by molar-refractivity contribution is -0.256. The van der Waals surface area contributed by atoms with E-state index in [4.69, 9.17) is 14.2 Å². The topological polar surface area (TPSA) is 92.7 Å². The molecule has 0 saturated heterocycles. The second-order valence-corrected chi connectivity index (χ2v) is 6.49. The van der Waals surface area contributed by atoms with Crippen molar-refractivity contribution in [3.63, 3.8) is 0 Å². The molecule has 1 amide bonds. The van der Waals surface area contributed by atoms with Crippen molar-refractivity contribution in [2.45, 2.75) is 26.6 Å². The van der Waals surface area contributed by atoms with Crippen molar-refractivity contribution in [2.75, 3.05) is 11.9 Å². The molecule has 0 spiro atoms. The number of carbonyl (C=O) groups excluding carboxylic acids is 2. The molecule has 1 aliphatic heterocycles. The fourth-order valence-electron chi connectivity index (χ4n) is 2.62. The number of hydrogen-bond acceptors (Lipinski definition) is 5. The highest BCUT2D eigenvalue weighted by molar-refractivity contribution is 5.97. The van der Waals surface area contributed by atoms with Gasteiger partial charge in [-0.15, -0.1) is 0 Å². The summed E-state index contributed by atoms with van der Waals surface area (Å²) in [5, 5.41) is 0. The van der Waals surface area contributed by atoms with Crippen molar-refractivity contribution >= 4 is 23.3 Å². The quantitative estimate of drug-likeness (QED) is 0.853. The van der Waals surface area contributed by atoms with Crippen LogP contribution in [0.2, 0.25) is 0 Å². The number of ether oxygens (including phenoxy) is 3. The third kappa shape index (κ3) is 3.34. The first kappa shape index (κ1) is 17.8. The van der Waals surface area contributed by atoms with Gasteiger partial charge in [0, 0.05) is 39.6 Å². The zero-order valence-electron chi connectivity index (χ0n) is 15.2. The van der Waals surface area contributed by atoms with Gasteiger partial charge in [-0.05, 0) is 24.3 Å². The predicted octanol–water partition coefficient (Wildman–Crippen LogP) is 2.62. The molecule has 26 heavy (non-hydrogen) atoms. The molecule has 136 valence electrons. The van der Waals surface area contributed by atoms with E-state index in [2.05, 4.69) is 5.73 Å². The molecule has 0 aliphatic carbocycles. The van der Waals surface area contributed by atoms with Crippen molar-refractivity contribution in [2.24, 2.45) is 0 Å². The van der Waals surface area contributed by atoms with Gasteiger partial charge in [0.1, 0.15) is 17.1 Å². The lowest BCUT2D eigenvalue weighted by Crippen LogP contribution is -2.41. The Morgan fingerprint density at radius 3 is 2.54 bits per heavy atom. The second kappa shape index (κ2) is 6.34. The average Bonchev–Trinajstić information content (AvgIpc) is 2.54. The summed E-state index contributed by atoms with van der Waals surface area (Å²) < 4.78 is 16.9. The third-order valence-electron chi connectivity index (χ3n) is 4.01. The fourth-order valence-corrected chi connectivity index (χ4v) is 2.62. The molecule has 0 atom stereocenters. The molecular formula is C19H21N2O5+. The number of anilines is 1. The van der Waals surface area contributed by atoms with E-state index >= 15 is 0 Å². The first-order valence-electron chi connectivity index (χ1n) is 8.11. The second-order valence-electron chi connectivity index (χ2n) is 6.49. The van der Waals surface area contributed by atoms with E-state index < -0.39 is 11.8 Å². The van der Waals surface area contributed by atoms with E-state index in [0.717, 1.165) is 0 Å². The molecule has 2 aromatic rings. The van der Waals surface area contributed by atoms with Crippen LogP contribution < -0.4 is 20.1 Å². The van der Waals surface area contributed by atoms with Crippen LogP contribution >= 0.6 is 0 Å². The van der Waals surface area contributed by atoms with Crippen LogP contribution in [0.25, 0.3) is 0 Å². The SMILES string of the molecule is CC(=O)N(C)c1ccc(Oc2cccc3c2C(=O)OC(C)(C)O3)c([NH3+])c1. The maximum Gasteiger partial charge on any atom is 0.349 e. The third-order valence-corrected chi connectivity index (χ3v) is 4.01. The van der Waals surface area contributed by atoms with Gasteiger partial charge in [-0.1, -0.05) is 6.07 Å². The van der Waals surface area contributed by atoms with Crippen molar-refractivity contribution < 1.29 is 29.5 Å². The molecule has 2 aromatic carbocycles. The van der Waals surface area contributed by atoms with Gasteiger partial charge in [-0.2, -0.15) is 0 Å². The first-order valence-corrected chi connectivity index (χ1v) is 8.11. The highest BCUT2D eigenvalue weighted by Gasteiger charge is 2.36. The summed E-state index contributed by atoms with van der Waals surface area (Å²) in [6, 6.07) is 10.3. The Hall–Kier alpha value is -3.06. The lowest BCUT2D eigenvalue weighted by atomic mass is 10.1. The number of esters is 1. The Balaban J connectivity index is 1.94. The molecule has 0 bridgehead atoms. The number of rotatable bonds is 3. The number of cyclic esters (lactones) is 1. The maximum atomic E-state index is 12.4. The van der Waals surface area contributed by atoms with E-state index in [1.807, 2.05) is 0 Å². The van der Waals surface area contributed by atoms with E-state index in [-0.39, 0.29) is 11.5 Å². The first-order chi connectivity index (χ1) is 12.2. The molecule has 0 unspecified atom stereocenters. The van der Waals surface area contributed by atoms with E-state index in [1.165, 1.54) is 11.8 Å². The maximum absolute atomic E-state index is 12.4. The van der Waals surface area contributed by atoms with Crippen molar-refractivity contribution in [3.05, 3.63) is 42.0 Å². The minimum Gasteiger partial charge on any atom is -0.452 e. The number of amides is 1. The van der Waals surface area contributed by atoms with E-state index in [0.29, 0.717) is 28.6 Å². The summed E-state index contributed by atoms with van der Waals surface area (Å²) in [4.78, 5) is 25.4. The van der Waals surface area contributed by atoms with E-state index in [9.17, 15) is 9.59 Å². The summed E-state index contributed by atoms with van der Waals surface area (Å²) >= 11 is 0. The number of fused-ring (bicyclic) bond motifs is 1. The predicted molar refractivity (Wildman–Crippen MR) is 94.7 cm³/mol. The van der Waals surface area contributed by atoms with Gasteiger partial charge in [0.05, 0.1) is 0 Å². The molecular weight excluding hydrogens is 336 g/mol. The Kier molecular flexibility index (Phi) is 4.33. The highest BCUT2D eigenvalue weighted by atomic mass is 16.7. The van der Waals surface area contributed by atoms with E-state index in [1.54, 1.807) is 57.3 Å². The summed E-state index contributed by atoms with van der Waals surface area (Å²) in [5.74, 6) is -0.429. The van der Waals surface area contributed by atoms with Gasteiger partial charge in [-0.25, -0.2) is 4.79 Å². The zero-order valence-corrected chi connectivity index (χ0v) is 15.2. The number of carbonyl (C=O) groups is 2. The number of quaternary nitrogens is 1. The van der Waals surface area contributed by atoms with Gasteiger partial charge >= 0.3 is 5.97 Å². The fraction of sp³-hybridized carbons (Fsp3) is 0.263. The van der Waals surface area contributed by atoms with Crippen LogP contribution in [-0.2, 0) is 9.53 Å². The van der Waals surface area contributed by atoms with Crippen molar-refractivity contribution in [1.29, 1.82) is 0 Å². The van der Waals surface area contributed by atoms with Crippen LogP contribution in [-0.4, -0.2) is 24.7 Å².